The van der Waals surface area contributed by atoms with Crippen LogP contribution in [0.3, 0.4) is 0 Å². The van der Waals surface area contributed by atoms with Crippen molar-refractivity contribution in [3.05, 3.63) is 77.6 Å². The van der Waals surface area contributed by atoms with Gasteiger partial charge in [0.25, 0.3) is 18.3 Å². The standard InChI is InChI=1S/C57H74N8O7.CH2O2/c1-12-63-46-21-20-40-32-42(46)43(50(63)41-18-14-26-58-48(41)37(4)71-11)33-55(5,6)35-72-53(69)44-19-15-27-65(60-44)52(68)45(31-38-16-13-17-39(40)30-38)59-51(67)49(36(2)3)64-29-25-57(54(64)70)24-28-62(34-57)47(66)22-23-56(7,8)61(9)10;2-1-3/h13-14,16-18,20-21,26,30,32,36-37,44-45,49,60H,12,15,19,24-25,27-29,31,33-35H2,1-11H3,(H,59,67);1H,(H,2,3)/t37-,44-,45-,49-,57-;/m0./s1. The van der Waals surface area contributed by atoms with Gasteiger partial charge in [0.2, 0.25) is 11.8 Å². The predicted molar refractivity (Wildman–Crippen MR) is 286 cm³/mol. The van der Waals surface area contributed by atoms with E-state index in [1.165, 1.54) is 5.01 Å². The number of carbonyl (C=O) groups is 6. The Morgan fingerprint density at radius 3 is 2.45 bits per heavy atom. The smallest absolute Gasteiger partial charge is 0.324 e. The first-order valence-corrected chi connectivity index (χ1v) is 26.2. The Labute approximate surface area is 441 Å². The van der Waals surface area contributed by atoms with Crippen LogP contribution in [0.15, 0.2) is 60.8 Å². The molecule has 3 saturated heterocycles. The largest absolute Gasteiger partial charge is 0.483 e. The summed E-state index contributed by atoms with van der Waals surface area (Å²) in [5.74, 6) is 3.84. The van der Waals surface area contributed by atoms with Crippen molar-refractivity contribution in [1.29, 1.82) is 0 Å². The number of nitrogens with one attached hydrogen (secondary N) is 2. The van der Waals surface area contributed by atoms with Crippen LogP contribution in [-0.2, 0) is 57.6 Å². The number of ether oxygens (including phenoxy) is 2. The van der Waals surface area contributed by atoms with Gasteiger partial charge in [-0.25, -0.2) is 5.43 Å². The van der Waals surface area contributed by atoms with Crippen molar-refractivity contribution in [2.45, 2.75) is 130 Å². The molecule has 0 unspecified atom stereocenters. The molecule has 0 aliphatic carbocycles. The van der Waals surface area contributed by atoms with Crippen molar-refractivity contribution in [2.24, 2.45) is 16.7 Å². The van der Waals surface area contributed by atoms with E-state index in [-0.39, 0.29) is 55.8 Å². The van der Waals surface area contributed by atoms with Gasteiger partial charge < -0.3 is 34.3 Å². The number of pyridine rings is 1. The molecule has 3 fully saturated rings. The van der Waals surface area contributed by atoms with Crippen LogP contribution in [0.5, 0.6) is 0 Å². The highest BCUT2D eigenvalue weighted by Crippen LogP contribution is 2.44. The molecular weight excluding hydrogens is 953 g/mol. The molecular formula is C58H76N8O9. The molecule has 17 nitrogen and oxygen atoms in total. The van der Waals surface area contributed by atoms with E-state index in [4.69, 9.17) is 24.4 Å². The molecule has 5 atom stereocenters. The molecule has 8 rings (SSSR count). The molecule has 1 spiro atoms. The quantitative estimate of drug-likeness (QED) is 0.0969. The summed E-state index contributed by atoms with van der Waals surface area (Å²) in [4.78, 5) is 90.1. The van der Waals surface area contributed by atoms with Gasteiger partial charge in [-0.15, -0.1) is 0 Å². The van der Waals surface area contributed by atoms with Crippen LogP contribution in [0.25, 0.3) is 33.3 Å². The van der Waals surface area contributed by atoms with E-state index >= 15 is 0 Å². The topological polar surface area (TPSA) is 196 Å². The summed E-state index contributed by atoms with van der Waals surface area (Å²) in [5.41, 5.74) is 9.19. The molecule has 4 aromatic rings. The van der Waals surface area contributed by atoms with E-state index in [0.29, 0.717) is 58.3 Å². The van der Waals surface area contributed by atoms with Crippen molar-refractivity contribution in [1.82, 2.24) is 40.0 Å². The van der Waals surface area contributed by atoms with Crippen LogP contribution in [0.4, 0.5) is 0 Å². The normalized spacial score (nSPS) is 21.8. The van der Waals surface area contributed by atoms with E-state index in [1.807, 2.05) is 71.8 Å². The van der Waals surface area contributed by atoms with E-state index in [0.717, 1.165) is 50.1 Å². The molecule has 6 heterocycles. The van der Waals surface area contributed by atoms with Gasteiger partial charge in [0, 0.05) is 74.3 Å². The number of hydrogen-bond donors (Lipinski definition) is 3. The minimum atomic E-state index is -1.05. The Balaban J connectivity index is 0.00000267. The Kier molecular flexibility index (Phi) is 17.3. The van der Waals surface area contributed by atoms with E-state index in [2.05, 4.69) is 84.3 Å². The first-order valence-electron chi connectivity index (χ1n) is 26.2. The van der Waals surface area contributed by atoms with Gasteiger partial charge in [-0.2, -0.15) is 0 Å². The van der Waals surface area contributed by atoms with Gasteiger partial charge >= 0.3 is 5.97 Å². The lowest BCUT2D eigenvalue weighted by molar-refractivity contribution is -0.155. The lowest BCUT2D eigenvalue weighted by Gasteiger charge is -2.37. The second-order valence-electron chi connectivity index (χ2n) is 22.3. The van der Waals surface area contributed by atoms with Gasteiger partial charge in [-0.1, -0.05) is 63.9 Å². The molecule has 4 amide bonds. The summed E-state index contributed by atoms with van der Waals surface area (Å²) in [6.45, 7) is 18.0. The van der Waals surface area contributed by atoms with Crippen molar-refractivity contribution in [2.75, 3.05) is 54.0 Å². The lowest BCUT2D eigenvalue weighted by Crippen LogP contribution is -2.62. The maximum Gasteiger partial charge on any atom is 0.324 e. The molecule has 402 valence electrons. The molecule has 4 aliphatic heterocycles. The first-order chi connectivity index (χ1) is 35.6. The van der Waals surface area contributed by atoms with E-state index in [1.54, 1.807) is 23.1 Å². The minimum Gasteiger partial charge on any atom is -0.483 e. The fourth-order valence-corrected chi connectivity index (χ4v) is 11.0. The van der Waals surface area contributed by atoms with Gasteiger partial charge in [0.1, 0.15) is 18.1 Å². The lowest BCUT2D eigenvalue weighted by atomic mass is 9.84. The number of carboxylic acid groups (broad SMARTS) is 1. The fraction of sp³-hybridized carbons (Fsp3) is 0.534. The number of rotatable bonds is 9. The molecule has 0 saturated carbocycles. The number of aromatic nitrogens is 2. The summed E-state index contributed by atoms with van der Waals surface area (Å²) < 4.78 is 14.3. The van der Waals surface area contributed by atoms with Gasteiger partial charge in [0.05, 0.1) is 35.1 Å². The number of aryl methyl sites for hydroxylation is 1. The number of hydrazine groups is 1. The average Bonchev–Trinajstić information content (AvgIpc) is 4.06. The monoisotopic (exact) mass is 1030 g/mol. The first kappa shape index (κ1) is 56.1. The number of fused-ring (bicyclic) bond motifs is 6. The minimum absolute atomic E-state index is 0.135. The zero-order chi connectivity index (χ0) is 54.6. The molecule has 6 bridgehead atoms. The second-order valence-corrected chi connectivity index (χ2v) is 22.3. The number of benzene rings is 2. The van der Waals surface area contributed by atoms with Gasteiger partial charge in [-0.3, -0.25) is 43.7 Å². The van der Waals surface area contributed by atoms with Gasteiger partial charge in [-0.05, 0) is 132 Å². The SMILES string of the molecule is CCn1c(-c2cccnc2[C@H](C)OC)c2c3cc(ccc31)-c1cccc(c1)C[C@H](NC(=O)[C@H](C(C)C)N1CC[C@]3(CCN(C(=O)C#CC(C)(C)N(C)C)C3)C1=O)C(=O)N1CCC[C@H](N1)C(=O)OCC(C)(C)C2.O=CO. The maximum atomic E-state index is 14.9. The van der Waals surface area contributed by atoms with Crippen LogP contribution in [0.1, 0.15) is 104 Å². The van der Waals surface area contributed by atoms with Gasteiger partial charge in [0.15, 0.2) is 0 Å². The summed E-state index contributed by atoms with van der Waals surface area (Å²) >= 11 is 0. The Hall–Kier alpha value is -6.61. The van der Waals surface area contributed by atoms with Crippen molar-refractivity contribution < 1.29 is 43.3 Å². The number of hydrogen-bond acceptors (Lipinski definition) is 11. The third kappa shape index (κ3) is 11.9. The Bertz CT molecular complexity index is 2860. The van der Waals surface area contributed by atoms with E-state index in [9.17, 15) is 24.0 Å². The summed E-state index contributed by atoms with van der Waals surface area (Å²) in [7, 11) is 5.52. The zero-order valence-corrected chi connectivity index (χ0v) is 45.6. The number of carbonyl (C=O) groups excluding carboxylic acids is 5. The predicted octanol–water partition coefficient (Wildman–Crippen LogP) is 6.27. The van der Waals surface area contributed by atoms with Crippen LogP contribution in [0, 0.1) is 28.6 Å². The maximum absolute atomic E-state index is 14.9. The zero-order valence-electron chi connectivity index (χ0n) is 45.6. The third-order valence-corrected chi connectivity index (χ3v) is 15.6. The number of methoxy groups -OCH3 is 1. The van der Waals surface area contributed by atoms with Crippen LogP contribution in [0.2, 0.25) is 0 Å². The molecule has 3 N–H and O–H groups in total. The Morgan fingerprint density at radius 2 is 1.76 bits per heavy atom. The van der Waals surface area contributed by atoms with Crippen molar-refractivity contribution in [3.8, 4) is 34.2 Å². The molecule has 2 aromatic heterocycles. The highest BCUT2D eigenvalue weighted by molar-refractivity contribution is 5.98. The molecule has 17 heteroatoms. The van der Waals surface area contributed by atoms with Crippen molar-refractivity contribution in [3.63, 3.8) is 0 Å². The second kappa shape index (κ2) is 23.1. The number of nitrogens with zero attached hydrogens (tertiary/aromatic N) is 6. The van der Waals surface area contributed by atoms with Crippen LogP contribution < -0.4 is 10.7 Å². The summed E-state index contributed by atoms with van der Waals surface area (Å²) in [5, 5.41) is 12.6. The molecule has 0 radical (unpaired) electrons. The average molecular weight is 1030 g/mol. The van der Waals surface area contributed by atoms with Crippen LogP contribution in [-0.4, -0.2) is 148 Å². The number of amides is 4. The molecule has 2 aromatic carbocycles. The fourth-order valence-electron chi connectivity index (χ4n) is 11.0. The van der Waals surface area contributed by atoms with Crippen LogP contribution >= 0.6 is 0 Å². The number of likely N-dealkylation sites (tertiary alicyclic amines) is 2. The number of esters is 1. The number of cyclic esters (lactones) is 1. The van der Waals surface area contributed by atoms with Crippen molar-refractivity contribution >= 4 is 47.0 Å². The third-order valence-electron chi connectivity index (χ3n) is 15.6. The van der Waals surface area contributed by atoms with E-state index < -0.39 is 46.4 Å². The summed E-state index contributed by atoms with van der Waals surface area (Å²) in [6.07, 6.45) is 4.28. The summed E-state index contributed by atoms with van der Waals surface area (Å²) in [6, 6.07) is 16.0. The molecule has 4 aliphatic rings. The Morgan fingerprint density at radius 1 is 1.04 bits per heavy atom. The highest BCUT2D eigenvalue weighted by Gasteiger charge is 2.54. The highest BCUT2D eigenvalue weighted by atomic mass is 16.5. The molecule has 75 heavy (non-hydrogen) atoms.